The van der Waals surface area contributed by atoms with Crippen LogP contribution < -0.4 is 10.6 Å². The van der Waals surface area contributed by atoms with Crippen LogP contribution in [0.15, 0.2) is 48.5 Å². The number of hydrogen-bond donors (Lipinski definition) is 2. The van der Waals surface area contributed by atoms with E-state index >= 15 is 0 Å². The van der Waals surface area contributed by atoms with Gasteiger partial charge in [-0.15, -0.1) is 0 Å². The Morgan fingerprint density at radius 2 is 1.77 bits per heavy atom. The lowest BCUT2D eigenvalue weighted by Crippen LogP contribution is -2.45. The fourth-order valence-corrected chi connectivity index (χ4v) is 2.18. The van der Waals surface area contributed by atoms with E-state index < -0.39 is 23.2 Å². The average Bonchev–Trinajstić information content (AvgIpc) is 2.52. The normalized spacial score (nSPS) is 13.3. The summed E-state index contributed by atoms with van der Waals surface area (Å²) in [7, 11) is 0. The van der Waals surface area contributed by atoms with Gasteiger partial charge < -0.3 is 10.6 Å². The molecular formula is C17H18F2N2O. The molecule has 0 radical (unpaired) electrons. The molecule has 0 saturated heterocycles. The van der Waals surface area contributed by atoms with E-state index in [0.717, 1.165) is 11.6 Å². The minimum Gasteiger partial charge on any atom is -0.329 e. The van der Waals surface area contributed by atoms with Gasteiger partial charge in [0.15, 0.2) is 11.6 Å². The van der Waals surface area contributed by atoms with Crippen molar-refractivity contribution < 1.29 is 13.6 Å². The first-order valence-corrected chi connectivity index (χ1v) is 7.05. The van der Waals surface area contributed by atoms with Gasteiger partial charge in [-0.3, -0.25) is 0 Å². The van der Waals surface area contributed by atoms with E-state index in [1.165, 1.54) is 12.1 Å². The van der Waals surface area contributed by atoms with Crippen molar-refractivity contribution in [3.63, 3.8) is 0 Å². The highest BCUT2D eigenvalue weighted by molar-refractivity contribution is 5.90. The van der Waals surface area contributed by atoms with Gasteiger partial charge in [0.05, 0.1) is 11.2 Å². The Kier molecular flexibility index (Phi) is 4.75. The number of amides is 2. The molecule has 0 spiro atoms. The second kappa shape index (κ2) is 6.56. The van der Waals surface area contributed by atoms with Crippen molar-refractivity contribution >= 4 is 11.7 Å². The van der Waals surface area contributed by atoms with Crippen LogP contribution >= 0.6 is 0 Å². The van der Waals surface area contributed by atoms with Crippen molar-refractivity contribution in [1.29, 1.82) is 0 Å². The number of urea groups is 1. The third-order valence-electron chi connectivity index (χ3n) is 3.71. The lowest BCUT2D eigenvalue weighted by atomic mass is 9.89. The van der Waals surface area contributed by atoms with Crippen LogP contribution in [0.3, 0.4) is 0 Å². The summed E-state index contributed by atoms with van der Waals surface area (Å²) < 4.78 is 26.7. The Balaban J connectivity index is 2.15. The average molecular weight is 304 g/mol. The van der Waals surface area contributed by atoms with Crippen LogP contribution in [-0.2, 0) is 5.54 Å². The van der Waals surface area contributed by atoms with E-state index in [9.17, 15) is 13.6 Å². The minimum absolute atomic E-state index is 0.191. The van der Waals surface area contributed by atoms with Gasteiger partial charge in [-0.25, -0.2) is 13.6 Å². The zero-order valence-electron chi connectivity index (χ0n) is 12.5. The summed E-state index contributed by atoms with van der Waals surface area (Å²) in [6.07, 6.45) is 0.649. The number of carbonyl (C=O) groups is 1. The lowest BCUT2D eigenvalue weighted by molar-refractivity contribution is 0.237. The molecule has 2 N–H and O–H groups in total. The van der Waals surface area contributed by atoms with Crippen LogP contribution in [0.4, 0.5) is 19.3 Å². The van der Waals surface area contributed by atoms with Gasteiger partial charge in [0.1, 0.15) is 0 Å². The summed E-state index contributed by atoms with van der Waals surface area (Å²) in [5.74, 6) is -2.07. The first-order chi connectivity index (χ1) is 10.5. The van der Waals surface area contributed by atoms with Crippen LogP contribution in [0.25, 0.3) is 0 Å². The molecule has 2 amide bonds. The van der Waals surface area contributed by atoms with Gasteiger partial charge >= 0.3 is 6.03 Å². The quantitative estimate of drug-likeness (QED) is 0.863. The molecular weight excluding hydrogens is 286 g/mol. The van der Waals surface area contributed by atoms with E-state index in [0.29, 0.717) is 6.42 Å². The molecule has 0 aliphatic heterocycles. The number of rotatable bonds is 4. The Labute approximate surface area is 128 Å². The van der Waals surface area contributed by atoms with Gasteiger partial charge in [0.2, 0.25) is 0 Å². The topological polar surface area (TPSA) is 41.1 Å². The summed E-state index contributed by atoms with van der Waals surface area (Å²) in [6, 6.07) is 12.5. The van der Waals surface area contributed by atoms with Crippen LogP contribution in [0.2, 0.25) is 0 Å². The van der Waals surface area contributed by atoms with Crippen molar-refractivity contribution in [1.82, 2.24) is 5.32 Å². The predicted octanol–water partition coefficient (Wildman–Crippen LogP) is 4.41. The highest BCUT2D eigenvalue weighted by Gasteiger charge is 2.26. The third kappa shape index (κ3) is 3.42. The molecule has 116 valence electrons. The van der Waals surface area contributed by atoms with E-state index in [1.54, 1.807) is 0 Å². The molecule has 22 heavy (non-hydrogen) atoms. The van der Waals surface area contributed by atoms with E-state index in [1.807, 2.05) is 44.2 Å². The minimum atomic E-state index is -1.07. The number of benzene rings is 2. The molecule has 2 aromatic rings. The van der Waals surface area contributed by atoms with Crippen molar-refractivity contribution in [2.24, 2.45) is 0 Å². The van der Waals surface area contributed by atoms with E-state index in [-0.39, 0.29) is 5.69 Å². The summed E-state index contributed by atoms with van der Waals surface area (Å²) in [4.78, 5) is 12.1. The largest absolute Gasteiger partial charge is 0.329 e. The van der Waals surface area contributed by atoms with Crippen molar-refractivity contribution in [3.05, 3.63) is 65.7 Å². The fourth-order valence-electron chi connectivity index (χ4n) is 2.18. The smallest absolute Gasteiger partial charge is 0.320 e. The Morgan fingerprint density at radius 1 is 1.09 bits per heavy atom. The predicted molar refractivity (Wildman–Crippen MR) is 82.6 cm³/mol. The highest BCUT2D eigenvalue weighted by atomic mass is 19.2. The van der Waals surface area contributed by atoms with Crippen molar-refractivity contribution in [3.8, 4) is 0 Å². The highest BCUT2D eigenvalue weighted by Crippen LogP contribution is 2.24. The molecule has 3 nitrogen and oxygen atoms in total. The monoisotopic (exact) mass is 304 g/mol. The molecule has 0 aliphatic carbocycles. The number of nitrogens with one attached hydrogen (secondary N) is 2. The molecule has 0 heterocycles. The number of hydrogen-bond acceptors (Lipinski definition) is 1. The Bertz CT molecular complexity index is 661. The first kappa shape index (κ1) is 15.9. The van der Waals surface area contributed by atoms with Gasteiger partial charge in [-0.1, -0.05) is 43.3 Å². The number of anilines is 1. The molecule has 0 aliphatic rings. The Hall–Kier alpha value is -2.43. The molecule has 1 atom stereocenters. The second-order valence-electron chi connectivity index (χ2n) is 5.23. The third-order valence-corrected chi connectivity index (χ3v) is 3.71. The summed E-state index contributed by atoms with van der Waals surface area (Å²) >= 11 is 0. The van der Waals surface area contributed by atoms with E-state index in [4.69, 9.17) is 0 Å². The zero-order valence-corrected chi connectivity index (χ0v) is 12.5. The Morgan fingerprint density at radius 3 is 2.41 bits per heavy atom. The van der Waals surface area contributed by atoms with E-state index in [2.05, 4.69) is 10.6 Å². The van der Waals surface area contributed by atoms with Gasteiger partial charge in [0, 0.05) is 0 Å². The van der Waals surface area contributed by atoms with Crippen LogP contribution in [0.5, 0.6) is 0 Å². The van der Waals surface area contributed by atoms with Crippen LogP contribution in [0, 0.1) is 11.6 Å². The summed E-state index contributed by atoms with van der Waals surface area (Å²) in [6.45, 7) is 3.82. The first-order valence-electron chi connectivity index (χ1n) is 7.05. The molecule has 0 aromatic heterocycles. The molecule has 2 rings (SSSR count). The number of carbonyl (C=O) groups excluding carboxylic acids is 1. The number of halogens is 2. The van der Waals surface area contributed by atoms with Crippen molar-refractivity contribution in [2.45, 2.75) is 25.8 Å². The summed E-state index contributed by atoms with van der Waals surface area (Å²) in [5.41, 5.74) is 0.145. The molecule has 0 bridgehead atoms. The maximum absolute atomic E-state index is 13.6. The van der Waals surface area contributed by atoms with Crippen LogP contribution in [0.1, 0.15) is 25.8 Å². The molecule has 5 heteroatoms. The fraction of sp³-hybridized carbons (Fsp3) is 0.235. The zero-order chi connectivity index (χ0) is 16.2. The van der Waals surface area contributed by atoms with Gasteiger partial charge in [-0.05, 0) is 31.0 Å². The van der Waals surface area contributed by atoms with Gasteiger partial charge in [0.25, 0.3) is 0 Å². The maximum atomic E-state index is 13.6. The van der Waals surface area contributed by atoms with Crippen molar-refractivity contribution in [2.75, 3.05) is 5.32 Å². The van der Waals surface area contributed by atoms with Gasteiger partial charge in [-0.2, -0.15) is 0 Å². The lowest BCUT2D eigenvalue weighted by Gasteiger charge is -2.30. The molecule has 0 fully saturated rings. The standard InChI is InChI=1S/C17H18F2N2O/c1-3-17(2,12-8-5-4-6-9-12)21-16(22)20-14-11-7-10-13(18)15(14)19/h4-11H,3H2,1-2H3,(H2,20,21,22). The SMILES string of the molecule is CCC(C)(NC(=O)Nc1cccc(F)c1F)c1ccccc1. The maximum Gasteiger partial charge on any atom is 0.320 e. The van der Waals surface area contributed by atoms with Crippen LogP contribution in [-0.4, -0.2) is 6.03 Å². The molecule has 0 saturated carbocycles. The molecule has 1 unspecified atom stereocenters. The second-order valence-corrected chi connectivity index (χ2v) is 5.23. The molecule has 2 aromatic carbocycles. The summed E-state index contributed by atoms with van der Waals surface area (Å²) in [5, 5.41) is 5.16.